The van der Waals surface area contributed by atoms with Gasteiger partial charge < -0.3 is 10.4 Å². The van der Waals surface area contributed by atoms with E-state index in [2.05, 4.69) is 11.9 Å². The summed E-state index contributed by atoms with van der Waals surface area (Å²) in [6.45, 7) is 6.10. The molecule has 0 aliphatic rings. The van der Waals surface area contributed by atoms with Crippen molar-refractivity contribution < 1.29 is 5.11 Å². The Labute approximate surface area is 131 Å². The van der Waals surface area contributed by atoms with Crippen LogP contribution < -0.4 is 5.32 Å². The Morgan fingerprint density at radius 3 is 1.95 bits per heavy atom. The Hall–Kier alpha value is -2.38. The minimum Gasteiger partial charge on any atom is -0.396 e. The minimum absolute atomic E-state index is 0.00782. The molecule has 6 heteroatoms. The Bertz CT molecular complexity index is 459. The Balaban J connectivity index is 5.28. The average Bonchev–Trinajstić information content (AvgIpc) is 2.54. The third kappa shape index (κ3) is 5.19. The van der Waals surface area contributed by atoms with Crippen LogP contribution in [-0.2, 0) is 0 Å². The number of aliphatic hydroxyl groups excluding tert-OH is 1. The van der Waals surface area contributed by atoms with Gasteiger partial charge in [0.15, 0.2) is 11.8 Å². The molecule has 6 nitrogen and oxygen atoms in total. The van der Waals surface area contributed by atoms with Gasteiger partial charge in [0.1, 0.15) is 0 Å². The number of nitrogens with one attached hydrogen (secondary N) is 1. The number of aliphatic hydroxyl groups is 1. The van der Waals surface area contributed by atoms with E-state index in [0.717, 1.165) is 6.42 Å². The molecule has 0 spiro atoms. The van der Waals surface area contributed by atoms with E-state index in [-0.39, 0.29) is 12.0 Å². The molecule has 0 radical (unpaired) electrons. The SMILES string of the molecule is C=CCC(CC)(CCO)CNC(C(C#N)C#N)C(C#N)C#N. The molecule has 2 N–H and O–H groups in total. The van der Waals surface area contributed by atoms with Gasteiger partial charge in [-0.3, -0.25) is 0 Å². The molecule has 0 bridgehead atoms. The number of nitriles is 4. The van der Waals surface area contributed by atoms with Crippen molar-refractivity contribution >= 4 is 0 Å². The summed E-state index contributed by atoms with van der Waals surface area (Å²) in [5.74, 6) is -2.17. The van der Waals surface area contributed by atoms with Gasteiger partial charge in [0, 0.05) is 13.2 Å². The second-order valence-electron chi connectivity index (χ2n) is 5.20. The predicted octanol–water partition coefficient (Wildman–Crippen LogP) is 1.63. The van der Waals surface area contributed by atoms with Crippen LogP contribution in [0.5, 0.6) is 0 Å². The molecule has 0 heterocycles. The average molecular weight is 299 g/mol. The van der Waals surface area contributed by atoms with Gasteiger partial charge in [-0.25, -0.2) is 0 Å². The van der Waals surface area contributed by atoms with Gasteiger partial charge in [-0.2, -0.15) is 21.0 Å². The largest absolute Gasteiger partial charge is 0.396 e. The van der Waals surface area contributed by atoms with Crippen LogP contribution in [0.25, 0.3) is 0 Å². The Morgan fingerprint density at radius 2 is 1.64 bits per heavy atom. The fourth-order valence-electron chi connectivity index (χ4n) is 2.39. The van der Waals surface area contributed by atoms with Crippen LogP contribution in [0.2, 0.25) is 0 Å². The van der Waals surface area contributed by atoms with Crippen LogP contribution in [0.1, 0.15) is 26.2 Å². The van der Waals surface area contributed by atoms with Gasteiger partial charge in [-0.15, -0.1) is 6.58 Å². The highest BCUT2D eigenvalue weighted by Crippen LogP contribution is 2.31. The molecule has 0 saturated heterocycles. The molecule has 0 aromatic rings. The molecule has 1 unspecified atom stereocenters. The zero-order chi connectivity index (χ0) is 17.0. The predicted molar refractivity (Wildman–Crippen MR) is 80.5 cm³/mol. The summed E-state index contributed by atoms with van der Waals surface area (Å²) in [6, 6.07) is 6.45. The Morgan fingerprint density at radius 1 is 1.14 bits per heavy atom. The van der Waals surface area contributed by atoms with Gasteiger partial charge in [0.2, 0.25) is 0 Å². The summed E-state index contributed by atoms with van der Waals surface area (Å²) in [5, 5.41) is 48.5. The van der Waals surface area contributed by atoms with E-state index in [4.69, 9.17) is 21.0 Å². The quantitative estimate of drug-likeness (QED) is 0.590. The summed E-state index contributed by atoms with van der Waals surface area (Å²) in [7, 11) is 0. The topological polar surface area (TPSA) is 127 Å². The molecule has 0 aliphatic carbocycles. The van der Waals surface area contributed by atoms with Crippen LogP contribution in [-0.4, -0.2) is 24.3 Å². The smallest absolute Gasteiger partial charge is 0.150 e. The molecule has 1 atom stereocenters. The first-order chi connectivity index (χ1) is 10.6. The van der Waals surface area contributed by atoms with Crippen molar-refractivity contribution in [1.29, 1.82) is 21.0 Å². The van der Waals surface area contributed by atoms with Crippen molar-refractivity contribution in [3.8, 4) is 24.3 Å². The summed E-state index contributed by atoms with van der Waals surface area (Å²) in [6.07, 6.45) is 3.70. The van der Waals surface area contributed by atoms with E-state index in [1.807, 2.05) is 31.2 Å². The minimum atomic E-state index is -1.09. The summed E-state index contributed by atoms with van der Waals surface area (Å²) >= 11 is 0. The van der Waals surface area contributed by atoms with Crippen LogP contribution in [0.15, 0.2) is 12.7 Å². The fourth-order valence-corrected chi connectivity index (χ4v) is 2.39. The highest BCUT2D eigenvalue weighted by molar-refractivity contribution is 5.16. The van der Waals surface area contributed by atoms with Gasteiger partial charge in [0.25, 0.3) is 0 Å². The summed E-state index contributed by atoms with van der Waals surface area (Å²) in [4.78, 5) is 0. The summed E-state index contributed by atoms with van der Waals surface area (Å²) < 4.78 is 0. The fraction of sp³-hybridized carbons (Fsp3) is 0.625. The van der Waals surface area contributed by atoms with Crippen molar-refractivity contribution in [3.63, 3.8) is 0 Å². The van der Waals surface area contributed by atoms with Crippen molar-refractivity contribution in [2.75, 3.05) is 13.2 Å². The maximum atomic E-state index is 9.26. The molecule has 0 amide bonds. The zero-order valence-electron chi connectivity index (χ0n) is 12.8. The first-order valence-electron chi connectivity index (χ1n) is 7.11. The first-order valence-corrected chi connectivity index (χ1v) is 7.11. The molecule has 0 aromatic heterocycles. The number of nitrogens with zero attached hydrogens (tertiary/aromatic N) is 4. The van der Waals surface area contributed by atoms with E-state index >= 15 is 0 Å². The third-order valence-corrected chi connectivity index (χ3v) is 3.96. The zero-order valence-corrected chi connectivity index (χ0v) is 12.8. The molecule has 22 heavy (non-hydrogen) atoms. The molecule has 0 fully saturated rings. The normalized spacial score (nSPS) is 13.0. The number of hydrogen-bond donors (Lipinski definition) is 2. The molecule has 0 rings (SSSR count). The highest BCUT2D eigenvalue weighted by atomic mass is 16.3. The van der Waals surface area contributed by atoms with Gasteiger partial charge >= 0.3 is 0 Å². The van der Waals surface area contributed by atoms with Gasteiger partial charge in [0.05, 0.1) is 30.3 Å². The number of hydrogen-bond acceptors (Lipinski definition) is 6. The maximum Gasteiger partial charge on any atom is 0.150 e. The lowest BCUT2D eigenvalue weighted by molar-refractivity contribution is 0.163. The lowest BCUT2D eigenvalue weighted by Crippen LogP contribution is -2.46. The second kappa shape index (κ2) is 10.4. The van der Waals surface area contributed by atoms with E-state index in [1.54, 1.807) is 6.08 Å². The summed E-state index contributed by atoms with van der Waals surface area (Å²) in [5.41, 5.74) is -0.278. The molecule has 0 aliphatic heterocycles. The monoisotopic (exact) mass is 299 g/mol. The van der Waals surface area contributed by atoms with Crippen LogP contribution in [0.4, 0.5) is 0 Å². The second-order valence-corrected chi connectivity index (χ2v) is 5.20. The van der Waals surface area contributed by atoms with E-state index in [9.17, 15) is 5.11 Å². The standard InChI is InChI=1S/C16H21N5O/c1-3-5-16(4-2,6-7-22)12-21-15(13(8-17)9-18)14(10-19)11-20/h3,13-15,21-22H,1,4-7,12H2,2H3. The third-order valence-electron chi connectivity index (χ3n) is 3.96. The van der Waals surface area contributed by atoms with Crippen molar-refractivity contribution in [2.24, 2.45) is 17.3 Å². The van der Waals surface area contributed by atoms with Gasteiger partial charge in [-0.1, -0.05) is 13.0 Å². The van der Waals surface area contributed by atoms with Crippen molar-refractivity contribution in [1.82, 2.24) is 5.32 Å². The number of allylic oxidation sites excluding steroid dienone is 1. The van der Waals surface area contributed by atoms with E-state index in [0.29, 0.717) is 19.4 Å². The highest BCUT2D eigenvalue weighted by Gasteiger charge is 2.33. The van der Waals surface area contributed by atoms with Gasteiger partial charge in [-0.05, 0) is 24.7 Å². The molecule has 116 valence electrons. The lowest BCUT2D eigenvalue weighted by atomic mass is 9.78. The molecule has 0 saturated carbocycles. The Kier molecular flexibility index (Phi) is 9.24. The van der Waals surface area contributed by atoms with Crippen LogP contribution >= 0.6 is 0 Å². The molecular weight excluding hydrogens is 278 g/mol. The van der Waals surface area contributed by atoms with Crippen LogP contribution in [0, 0.1) is 62.6 Å². The van der Waals surface area contributed by atoms with E-state index < -0.39 is 17.9 Å². The maximum absolute atomic E-state index is 9.26. The van der Waals surface area contributed by atoms with Crippen molar-refractivity contribution in [3.05, 3.63) is 12.7 Å². The lowest BCUT2D eigenvalue weighted by Gasteiger charge is -2.34. The van der Waals surface area contributed by atoms with Crippen LogP contribution in [0.3, 0.4) is 0 Å². The molecular formula is C16H21N5O. The number of rotatable bonds is 10. The first kappa shape index (κ1) is 19.6. The van der Waals surface area contributed by atoms with E-state index in [1.165, 1.54) is 0 Å². The van der Waals surface area contributed by atoms with Crippen molar-refractivity contribution in [2.45, 2.75) is 32.2 Å². The molecule has 0 aromatic carbocycles.